The second kappa shape index (κ2) is 4.86. The average Bonchev–Trinajstić information content (AvgIpc) is 2.14. The molecule has 15 heavy (non-hydrogen) atoms. The molecule has 0 aromatic heterocycles. The van der Waals surface area contributed by atoms with Gasteiger partial charge in [-0.2, -0.15) is 0 Å². The highest BCUT2D eigenvalue weighted by Gasteiger charge is 2.41. The van der Waals surface area contributed by atoms with Gasteiger partial charge in [0.05, 0.1) is 6.10 Å². The Balaban J connectivity index is 2.60. The summed E-state index contributed by atoms with van der Waals surface area (Å²) >= 11 is 0. The first kappa shape index (κ1) is 13.0. The van der Waals surface area contributed by atoms with Crippen molar-refractivity contribution in [2.45, 2.75) is 66.4 Å². The minimum Gasteiger partial charge on any atom is -0.393 e. The zero-order chi connectivity index (χ0) is 11.6. The fourth-order valence-corrected chi connectivity index (χ4v) is 2.93. The van der Waals surface area contributed by atoms with Gasteiger partial charge < -0.3 is 5.11 Å². The third-order valence-corrected chi connectivity index (χ3v) is 4.86. The van der Waals surface area contributed by atoms with E-state index in [1.54, 1.807) is 0 Å². The van der Waals surface area contributed by atoms with Gasteiger partial charge in [0, 0.05) is 0 Å². The highest BCUT2D eigenvalue weighted by Crippen LogP contribution is 2.45. The maximum atomic E-state index is 10.2. The molecule has 0 aliphatic heterocycles. The van der Waals surface area contributed by atoms with E-state index in [0.29, 0.717) is 5.92 Å². The van der Waals surface area contributed by atoms with Crippen LogP contribution in [0.4, 0.5) is 0 Å². The predicted octanol–water partition coefficient (Wildman–Crippen LogP) is 3.86. The largest absolute Gasteiger partial charge is 0.393 e. The van der Waals surface area contributed by atoms with Crippen molar-refractivity contribution in [1.29, 1.82) is 0 Å². The van der Waals surface area contributed by atoms with E-state index in [0.717, 1.165) is 18.3 Å². The van der Waals surface area contributed by atoms with Crippen molar-refractivity contribution < 1.29 is 5.11 Å². The Bertz CT molecular complexity index is 184. The summed E-state index contributed by atoms with van der Waals surface area (Å²) in [5.74, 6) is 2.16. The van der Waals surface area contributed by atoms with Crippen LogP contribution in [0.15, 0.2) is 0 Å². The van der Waals surface area contributed by atoms with Crippen molar-refractivity contribution in [2.24, 2.45) is 23.2 Å². The lowest BCUT2D eigenvalue weighted by atomic mass is 9.62. The van der Waals surface area contributed by atoms with Gasteiger partial charge in [0.15, 0.2) is 0 Å². The van der Waals surface area contributed by atoms with Crippen LogP contribution in [0.2, 0.25) is 0 Å². The molecule has 1 N–H and O–H groups in total. The molecule has 1 aliphatic rings. The standard InChI is InChI=1S/C14H28O/c1-6-7-10(2)12-8-11(3)14(4,5)13(15)9-12/h10-13,15H,6-9H2,1-5H3/t10-,11-,12+,13-/m1/s1. The van der Waals surface area contributed by atoms with Crippen LogP contribution < -0.4 is 0 Å². The summed E-state index contributed by atoms with van der Waals surface area (Å²) in [5.41, 5.74) is 0.114. The molecule has 90 valence electrons. The van der Waals surface area contributed by atoms with Crippen LogP contribution in [0, 0.1) is 23.2 Å². The average molecular weight is 212 g/mol. The summed E-state index contributed by atoms with van der Waals surface area (Å²) in [5, 5.41) is 10.2. The maximum Gasteiger partial charge on any atom is 0.0596 e. The molecule has 1 aliphatic carbocycles. The molecule has 0 spiro atoms. The van der Waals surface area contributed by atoms with E-state index in [9.17, 15) is 5.11 Å². The van der Waals surface area contributed by atoms with Gasteiger partial charge in [-0.25, -0.2) is 0 Å². The Morgan fingerprint density at radius 3 is 2.40 bits per heavy atom. The summed E-state index contributed by atoms with van der Waals surface area (Å²) in [6.07, 6.45) is 4.78. The molecule has 1 nitrogen and oxygen atoms in total. The molecule has 1 saturated carbocycles. The summed E-state index contributed by atoms with van der Waals surface area (Å²) in [4.78, 5) is 0. The highest BCUT2D eigenvalue weighted by atomic mass is 16.3. The van der Waals surface area contributed by atoms with Gasteiger partial charge in [-0.15, -0.1) is 0 Å². The van der Waals surface area contributed by atoms with Crippen LogP contribution in [0.25, 0.3) is 0 Å². The summed E-state index contributed by atoms with van der Waals surface area (Å²) < 4.78 is 0. The van der Waals surface area contributed by atoms with Crippen molar-refractivity contribution in [3.8, 4) is 0 Å². The molecular weight excluding hydrogens is 184 g/mol. The lowest BCUT2D eigenvalue weighted by Gasteiger charge is -2.46. The monoisotopic (exact) mass is 212 g/mol. The zero-order valence-corrected chi connectivity index (χ0v) is 11.1. The second-order valence-corrected chi connectivity index (χ2v) is 6.24. The molecule has 0 bridgehead atoms. The topological polar surface area (TPSA) is 20.2 Å². The first-order valence-corrected chi connectivity index (χ1v) is 6.57. The number of aliphatic hydroxyl groups is 1. The normalized spacial score (nSPS) is 37.6. The summed E-state index contributed by atoms with van der Waals surface area (Å²) in [6, 6.07) is 0. The third-order valence-electron chi connectivity index (χ3n) is 4.86. The molecule has 1 rings (SSSR count). The first-order valence-electron chi connectivity index (χ1n) is 6.57. The van der Waals surface area contributed by atoms with Crippen LogP contribution in [-0.4, -0.2) is 11.2 Å². The zero-order valence-electron chi connectivity index (χ0n) is 11.1. The SMILES string of the molecule is CCC[C@@H](C)[C@H]1C[C@@H](C)C(C)(C)[C@H](O)C1. The van der Waals surface area contributed by atoms with E-state index in [1.807, 2.05) is 0 Å². The number of aliphatic hydroxyl groups excluding tert-OH is 1. The van der Waals surface area contributed by atoms with Crippen LogP contribution in [0.5, 0.6) is 0 Å². The van der Waals surface area contributed by atoms with Gasteiger partial charge in [-0.05, 0) is 36.0 Å². The molecule has 0 radical (unpaired) electrons. The Morgan fingerprint density at radius 2 is 1.93 bits per heavy atom. The molecule has 4 atom stereocenters. The fraction of sp³-hybridized carbons (Fsp3) is 1.00. The van der Waals surface area contributed by atoms with Crippen molar-refractivity contribution in [1.82, 2.24) is 0 Å². The molecular formula is C14H28O. The van der Waals surface area contributed by atoms with E-state index in [4.69, 9.17) is 0 Å². The molecule has 0 saturated heterocycles. The smallest absolute Gasteiger partial charge is 0.0596 e. The molecule has 0 unspecified atom stereocenters. The van der Waals surface area contributed by atoms with Crippen molar-refractivity contribution >= 4 is 0 Å². The van der Waals surface area contributed by atoms with Crippen molar-refractivity contribution in [2.75, 3.05) is 0 Å². The van der Waals surface area contributed by atoms with Gasteiger partial charge in [0.2, 0.25) is 0 Å². The lowest BCUT2D eigenvalue weighted by molar-refractivity contribution is -0.0552. The Kier molecular flexibility index (Phi) is 4.22. The number of hydrogen-bond acceptors (Lipinski definition) is 1. The predicted molar refractivity (Wildman–Crippen MR) is 65.7 cm³/mol. The fourth-order valence-electron chi connectivity index (χ4n) is 2.93. The summed E-state index contributed by atoms with van der Waals surface area (Å²) in [6.45, 7) is 11.3. The van der Waals surface area contributed by atoms with Gasteiger partial charge in [0.25, 0.3) is 0 Å². The van der Waals surface area contributed by atoms with Gasteiger partial charge in [-0.1, -0.05) is 47.5 Å². The van der Waals surface area contributed by atoms with Gasteiger partial charge in [-0.3, -0.25) is 0 Å². The number of rotatable bonds is 3. The van der Waals surface area contributed by atoms with E-state index in [2.05, 4.69) is 34.6 Å². The van der Waals surface area contributed by atoms with E-state index in [1.165, 1.54) is 19.3 Å². The minimum absolute atomic E-state index is 0.106. The van der Waals surface area contributed by atoms with Crippen LogP contribution in [-0.2, 0) is 0 Å². The lowest BCUT2D eigenvalue weighted by Crippen LogP contribution is -2.43. The Morgan fingerprint density at radius 1 is 1.33 bits per heavy atom. The molecule has 0 amide bonds. The quantitative estimate of drug-likeness (QED) is 0.753. The van der Waals surface area contributed by atoms with Crippen molar-refractivity contribution in [3.63, 3.8) is 0 Å². The number of hydrogen-bond donors (Lipinski definition) is 1. The molecule has 1 fully saturated rings. The van der Waals surface area contributed by atoms with Gasteiger partial charge >= 0.3 is 0 Å². The molecule has 1 heteroatoms. The van der Waals surface area contributed by atoms with Crippen LogP contribution >= 0.6 is 0 Å². The van der Waals surface area contributed by atoms with Crippen LogP contribution in [0.3, 0.4) is 0 Å². The summed E-state index contributed by atoms with van der Waals surface area (Å²) in [7, 11) is 0. The highest BCUT2D eigenvalue weighted by molar-refractivity contribution is 4.91. The van der Waals surface area contributed by atoms with Gasteiger partial charge in [0.1, 0.15) is 0 Å². The van der Waals surface area contributed by atoms with E-state index in [-0.39, 0.29) is 11.5 Å². The molecule has 0 aromatic rings. The molecule has 0 heterocycles. The second-order valence-electron chi connectivity index (χ2n) is 6.24. The maximum absolute atomic E-state index is 10.2. The van der Waals surface area contributed by atoms with E-state index >= 15 is 0 Å². The Hall–Kier alpha value is -0.0400. The van der Waals surface area contributed by atoms with E-state index < -0.39 is 0 Å². The third kappa shape index (κ3) is 2.75. The molecule has 0 aromatic carbocycles. The Labute approximate surface area is 95.3 Å². The first-order chi connectivity index (χ1) is 6.89. The van der Waals surface area contributed by atoms with Crippen molar-refractivity contribution in [3.05, 3.63) is 0 Å². The minimum atomic E-state index is -0.106. The van der Waals surface area contributed by atoms with Crippen LogP contribution in [0.1, 0.15) is 60.3 Å².